The van der Waals surface area contributed by atoms with Crippen LogP contribution in [0.4, 0.5) is 5.95 Å². The number of nitrogens with zero attached hydrogens (tertiary/aromatic N) is 6. The number of aryl methyl sites for hydroxylation is 1. The Balaban J connectivity index is 1.28. The number of ether oxygens (including phenoxy) is 2. The molecule has 0 radical (unpaired) electrons. The number of rotatable bonds is 7. The minimum absolute atomic E-state index is 0.647. The van der Waals surface area contributed by atoms with Crippen LogP contribution in [0.1, 0.15) is 24.9 Å². The molecular weight excluding hydrogens is 440 g/mol. The maximum atomic E-state index is 5.65. The first kappa shape index (κ1) is 23.1. The molecule has 2 aromatic heterocycles. The molecular formula is C27H32N6O2. The highest BCUT2D eigenvalue weighted by molar-refractivity contribution is 5.83. The molecule has 4 aromatic rings. The van der Waals surface area contributed by atoms with Crippen molar-refractivity contribution in [2.24, 2.45) is 0 Å². The Morgan fingerprint density at radius 2 is 1.77 bits per heavy atom. The lowest BCUT2D eigenvalue weighted by Gasteiger charge is -2.22. The van der Waals surface area contributed by atoms with Gasteiger partial charge >= 0.3 is 0 Å². The van der Waals surface area contributed by atoms with Crippen molar-refractivity contribution in [2.45, 2.75) is 26.8 Å². The predicted molar refractivity (Wildman–Crippen MR) is 138 cm³/mol. The van der Waals surface area contributed by atoms with Gasteiger partial charge in [-0.25, -0.2) is 15.0 Å². The monoisotopic (exact) mass is 472 g/mol. The summed E-state index contributed by atoms with van der Waals surface area (Å²) in [7, 11) is 1.68. The zero-order valence-corrected chi connectivity index (χ0v) is 20.6. The topological polar surface area (TPSA) is 68.5 Å². The summed E-state index contributed by atoms with van der Waals surface area (Å²) in [5, 5.41) is 1.04. The molecule has 0 bridgehead atoms. The molecule has 2 aromatic carbocycles. The van der Waals surface area contributed by atoms with Gasteiger partial charge in [0.25, 0.3) is 0 Å². The van der Waals surface area contributed by atoms with Crippen LogP contribution in [0, 0.1) is 6.92 Å². The first-order valence-corrected chi connectivity index (χ1v) is 12.2. The maximum absolute atomic E-state index is 5.65. The standard InChI is InChI=1S/C27H32N6O2/c1-4-35-23-10-11-25-24(18-23)20(2)29-27(30-25)32-14-5-13-31(16-17-32)19-26-28-12-15-33(26)21-6-8-22(34-3)9-7-21/h6-12,15,18H,4-5,13-14,16-17,19H2,1-3H3. The van der Waals surface area contributed by atoms with Gasteiger partial charge in [0.15, 0.2) is 0 Å². The predicted octanol–water partition coefficient (Wildman–Crippen LogP) is 4.24. The fraction of sp³-hybridized carbons (Fsp3) is 0.370. The minimum atomic E-state index is 0.647. The van der Waals surface area contributed by atoms with Gasteiger partial charge in [-0.3, -0.25) is 4.90 Å². The number of aromatic nitrogens is 4. The van der Waals surface area contributed by atoms with Crippen molar-refractivity contribution >= 4 is 16.9 Å². The lowest BCUT2D eigenvalue weighted by molar-refractivity contribution is 0.277. The van der Waals surface area contributed by atoms with E-state index in [0.29, 0.717) is 6.61 Å². The highest BCUT2D eigenvalue weighted by Crippen LogP contribution is 2.25. The van der Waals surface area contributed by atoms with Crippen LogP contribution in [-0.4, -0.2) is 64.3 Å². The molecule has 0 unspecified atom stereocenters. The van der Waals surface area contributed by atoms with E-state index in [1.54, 1.807) is 7.11 Å². The van der Waals surface area contributed by atoms with Gasteiger partial charge in [0, 0.05) is 49.6 Å². The van der Waals surface area contributed by atoms with Crippen LogP contribution in [0.5, 0.6) is 11.5 Å². The second-order valence-electron chi connectivity index (χ2n) is 8.75. The molecule has 0 spiro atoms. The second-order valence-corrected chi connectivity index (χ2v) is 8.75. The zero-order valence-electron chi connectivity index (χ0n) is 20.6. The molecule has 8 heteroatoms. The highest BCUT2D eigenvalue weighted by Gasteiger charge is 2.20. The molecule has 1 saturated heterocycles. The molecule has 0 N–H and O–H groups in total. The SMILES string of the molecule is CCOc1ccc2nc(N3CCCN(Cc4nccn4-c4ccc(OC)cc4)CC3)nc(C)c2c1. The lowest BCUT2D eigenvalue weighted by Crippen LogP contribution is -2.32. The van der Waals surface area contributed by atoms with E-state index >= 15 is 0 Å². The first-order chi connectivity index (χ1) is 17.1. The van der Waals surface area contributed by atoms with E-state index in [1.807, 2.05) is 56.6 Å². The smallest absolute Gasteiger partial charge is 0.226 e. The Kier molecular flexibility index (Phi) is 6.81. The number of imidazole rings is 1. The Morgan fingerprint density at radius 1 is 0.943 bits per heavy atom. The van der Waals surface area contributed by atoms with Crippen LogP contribution in [0.25, 0.3) is 16.6 Å². The van der Waals surface area contributed by atoms with Gasteiger partial charge in [0.1, 0.15) is 17.3 Å². The maximum Gasteiger partial charge on any atom is 0.226 e. The Morgan fingerprint density at radius 3 is 2.57 bits per heavy atom. The summed E-state index contributed by atoms with van der Waals surface area (Å²) in [5.74, 6) is 3.55. The normalized spacial score (nSPS) is 14.8. The van der Waals surface area contributed by atoms with Crippen molar-refractivity contribution in [3.8, 4) is 17.2 Å². The van der Waals surface area contributed by atoms with Gasteiger partial charge in [0.05, 0.1) is 31.5 Å². The van der Waals surface area contributed by atoms with Crippen molar-refractivity contribution in [1.29, 1.82) is 0 Å². The molecule has 0 atom stereocenters. The molecule has 0 amide bonds. The number of fused-ring (bicyclic) bond motifs is 1. The lowest BCUT2D eigenvalue weighted by atomic mass is 10.2. The van der Waals surface area contributed by atoms with Gasteiger partial charge in [0.2, 0.25) is 5.95 Å². The molecule has 1 fully saturated rings. The average molecular weight is 473 g/mol. The second kappa shape index (κ2) is 10.3. The van der Waals surface area contributed by atoms with E-state index in [4.69, 9.17) is 19.4 Å². The number of methoxy groups -OCH3 is 1. The van der Waals surface area contributed by atoms with E-state index in [0.717, 1.165) is 84.7 Å². The Hall–Kier alpha value is -3.65. The van der Waals surface area contributed by atoms with E-state index in [1.165, 1.54) is 0 Å². The molecule has 5 rings (SSSR count). The van der Waals surface area contributed by atoms with Crippen molar-refractivity contribution in [3.63, 3.8) is 0 Å². The molecule has 35 heavy (non-hydrogen) atoms. The van der Waals surface area contributed by atoms with Gasteiger partial charge < -0.3 is 18.9 Å². The number of hydrogen-bond donors (Lipinski definition) is 0. The van der Waals surface area contributed by atoms with Crippen molar-refractivity contribution in [2.75, 3.05) is 44.8 Å². The van der Waals surface area contributed by atoms with Crippen LogP contribution in [0.3, 0.4) is 0 Å². The van der Waals surface area contributed by atoms with Crippen LogP contribution < -0.4 is 14.4 Å². The summed E-state index contributed by atoms with van der Waals surface area (Å²) in [4.78, 5) is 19.1. The van der Waals surface area contributed by atoms with E-state index in [2.05, 4.69) is 31.5 Å². The molecule has 0 saturated carbocycles. The van der Waals surface area contributed by atoms with Crippen molar-refractivity contribution < 1.29 is 9.47 Å². The largest absolute Gasteiger partial charge is 0.497 e. The van der Waals surface area contributed by atoms with E-state index in [9.17, 15) is 0 Å². The number of anilines is 1. The van der Waals surface area contributed by atoms with Gasteiger partial charge in [-0.2, -0.15) is 0 Å². The zero-order chi connectivity index (χ0) is 24.2. The fourth-order valence-corrected chi connectivity index (χ4v) is 4.60. The molecule has 3 heterocycles. The Labute approximate surface area is 206 Å². The van der Waals surface area contributed by atoms with E-state index in [-0.39, 0.29) is 0 Å². The van der Waals surface area contributed by atoms with E-state index < -0.39 is 0 Å². The average Bonchev–Trinajstić information content (AvgIpc) is 3.21. The van der Waals surface area contributed by atoms with Crippen molar-refractivity contribution in [1.82, 2.24) is 24.4 Å². The molecule has 8 nitrogen and oxygen atoms in total. The van der Waals surface area contributed by atoms with Crippen LogP contribution in [0.15, 0.2) is 54.9 Å². The molecule has 1 aliphatic heterocycles. The molecule has 1 aliphatic rings. The summed E-state index contributed by atoms with van der Waals surface area (Å²) in [6.07, 6.45) is 4.93. The number of benzene rings is 2. The third-order valence-electron chi connectivity index (χ3n) is 6.46. The van der Waals surface area contributed by atoms with Crippen LogP contribution in [0.2, 0.25) is 0 Å². The summed E-state index contributed by atoms with van der Waals surface area (Å²) < 4.78 is 13.1. The Bertz CT molecular complexity index is 1290. The van der Waals surface area contributed by atoms with Crippen molar-refractivity contribution in [3.05, 3.63) is 66.4 Å². The fourth-order valence-electron chi connectivity index (χ4n) is 4.60. The minimum Gasteiger partial charge on any atom is -0.497 e. The first-order valence-electron chi connectivity index (χ1n) is 12.2. The summed E-state index contributed by atoms with van der Waals surface area (Å²) in [5.41, 5.74) is 3.02. The van der Waals surface area contributed by atoms with Crippen LogP contribution >= 0.6 is 0 Å². The third kappa shape index (κ3) is 5.07. The summed E-state index contributed by atoms with van der Waals surface area (Å²) in [6, 6.07) is 14.1. The third-order valence-corrected chi connectivity index (χ3v) is 6.46. The highest BCUT2D eigenvalue weighted by atomic mass is 16.5. The van der Waals surface area contributed by atoms with Gasteiger partial charge in [-0.15, -0.1) is 0 Å². The van der Waals surface area contributed by atoms with Gasteiger partial charge in [-0.1, -0.05) is 0 Å². The summed E-state index contributed by atoms with van der Waals surface area (Å²) in [6.45, 7) is 9.24. The molecule has 0 aliphatic carbocycles. The quantitative estimate of drug-likeness (QED) is 0.398. The molecule has 182 valence electrons. The summed E-state index contributed by atoms with van der Waals surface area (Å²) >= 11 is 0. The van der Waals surface area contributed by atoms with Gasteiger partial charge in [-0.05, 0) is 62.7 Å². The van der Waals surface area contributed by atoms with Crippen LogP contribution in [-0.2, 0) is 6.54 Å². The number of hydrogen-bond acceptors (Lipinski definition) is 7.